The molecule has 3 nitrogen and oxygen atoms in total. The molecule has 1 fully saturated rings. The fraction of sp³-hybridized carbons (Fsp3) is 0.471. The Labute approximate surface area is 120 Å². The first-order valence-electron chi connectivity index (χ1n) is 7.19. The first-order valence-corrected chi connectivity index (χ1v) is 7.19. The molecule has 1 amide bonds. The van der Waals surface area contributed by atoms with Gasteiger partial charge in [0.25, 0.3) is 0 Å². The van der Waals surface area contributed by atoms with Gasteiger partial charge in [0.1, 0.15) is 0 Å². The van der Waals surface area contributed by atoms with E-state index in [0.717, 1.165) is 29.7 Å². The zero-order valence-corrected chi connectivity index (χ0v) is 12.1. The Balaban J connectivity index is 2.10. The fourth-order valence-corrected chi connectivity index (χ4v) is 2.22. The highest BCUT2D eigenvalue weighted by atomic mass is 16.2. The quantitative estimate of drug-likeness (QED) is 0.827. The summed E-state index contributed by atoms with van der Waals surface area (Å²) in [6, 6.07) is 5.85. The van der Waals surface area contributed by atoms with Crippen molar-refractivity contribution in [1.29, 1.82) is 0 Å². The van der Waals surface area contributed by atoms with Crippen LogP contribution in [0.2, 0.25) is 0 Å². The number of carbonyl (C=O) groups is 1. The van der Waals surface area contributed by atoms with E-state index in [1.807, 2.05) is 18.2 Å². The Kier molecular flexibility index (Phi) is 4.81. The zero-order chi connectivity index (χ0) is 14.5. The second kappa shape index (κ2) is 6.58. The van der Waals surface area contributed by atoms with Gasteiger partial charge in [-0.3, -0.25) is 4.79 Å². The molecular weight excluding hydrogens is 250 g/mol. The molecule has 1 aliphatic rings. The molecule has 0 aliphatic heterocycles. The first-order chi connectivity index (χ1) is 9.65. The summed E-state index contributed by atoms with van der Waals surface area (Å²) in [5.41, 5.74) is 2.92. The van der Waals surface area contributed by atoms with Crippen molar-refractivity contribution in [2.45, 2.75) is 33.1 Å². The molecule has 2 atom stereocenters. The average Bonchev–Trinajstić information content (AvgIpc) is 3.17. The lowest BCUT2D eigenvalue weighted by atomic mass is 10.1. The van der Waals surface area contributed by atoms with Crippen molar-refractivity contribution in [3.05, 3.63) is 29.3 Å². The highest BCUT2D eigenvalue weighted by Gasteiger charge is 2.39. The first kappa shape index (κ1) is 14.6. The zero-order valence-electron chi connectivity index (χ0n) is 12.1. The van der Waals surface area contributed by atoms with Crippen LogP contribution in [0.1, 0.15) is 37.8 Å². The van der Waals surface area contributed by atoms with Gasteiger partial charge < -0.3 is 10.4 Å². The molecule has 2 rings (SSSR count). The number of hydrogen-bond donors (Lipinski definition) is 2. The number of aliphatic hydroxyl groups is 1. The number of carbonyl (C=O) groups excluding carboxylic acids is 1. The van der Waals surface area contributed by atoms with Crippen LogP contribution in [0.15, 0.2) is 18.2 Å². The van der Waals surface area contributed by atoms with Crippen LogP contribution >= 0.6 is 0 Å². The van der Waals surface area contributed by atoms with E-state index in [-0.39, 0.29) is 18.4 Å². The van der Waals surface area contributed by atoms with E-state index in [4.69, 9.17) is 5.11 Å². The number of benzene rings is 1. The lowest BCUT2D eigenvalue weighted by Crippen LogP contribution is -2.15. The summed E-state index contributed by atoms with van der Waals surface area (Å²) in [5, 5.41) is 11.7. The summed E-state index contributed by atoms with van der Waals surface area (Å²) in [6.45, 7) is 4.25. The number of nitrogens with one attached hydrogen (secondary N) is 1. The maximum absolute atomic E-state index is 12.0. The van der Waals surface area contributed by atoms with Crippen LogP contribution < -0.4 is 5.32 Å². The molecule has 0 radical (unpaired) electrons. The molecule has 0 bridgehead atoms. The molecule has 0 saturated heterocycles. The Morgan fingerprint density at radius 2 is 2.25 bits per heavy atom. The standard InChI is InChI=1S/C17H21NO2/c1-3-14-11-13(6-4-5-9-19)7-8-16(14)18-17(20)15-10-12(15)2/h7-8,11-12,15,19H,3,5,9-10H2,1-2H3,(H,18,20). The summed E-state index contributed by atoms with van der Waals surface area (Å²) >= 11 is 0. The van der Waals surface area contributed by atoms with Gasteiger partial charge in [0.2, 0.25) is 5.91 Å². The molecule has 0 spiro atoms. The predicted molar refractivity (Wildman–Crippen MR) is 80.3 cm³/mol. The second-order valence-electron chi connectivity index (χ2n) is 5.31. The largest absolute Gasteiger partial charge is 0.395 e. The molecule has 1 aromatic rings. The van der Waals surface area contributed by atoms with E-state index >= 15 is 0 Å². The summed E-state index contributed by atoms with van der Waals surface area (Å²) in [6.07, 6.45) is 2.34. The number of aryl methyl sites for hydroxylation is 1. The Bertz CT molecular complexity index is 554. The molecular formula is C17H21NO2. The number of rotatable bonds is 4. The number of hydrogen-bond acceptors (Lipinski definition) is 2. The van der Waals surface area contributed by atoms with Gasteiger partial charge in [-0.15, -0.1) is 0 Å². The van der Waals surface area contributed by atoms with Crippen LogP contribution in [-0.2, 0) is 11.2 Å². The Morgan fingerprint density at radius 3 is 2.85 bits per heavy atom. The normalized spacial score (nSPS) is 19.9. The molecule has 2 unspecified atom stereocenters. The average molecular weight is 271 g/mol. The van der Waals surface area contributed by atoms with Crippen molar-refractivity contribution in [2.24, 2.45) is 11.8 Å². The molecule has 2 N–H and O–H groups in total. The lowest BCUT2D eigenvalue weighted by Gasteiger charge is -2.10. The van der Waals surface area contributed by atoms with Gasteiger partial charge in [-0.05, 0) is 42.5 Å². The second-order valence-corrected chi connectivity index (χ2v) is 5.31. The van der Waals surface area contributed by atoms with Crippen LogP contribution in [0.25, 0.3) is 0 Å². The summed E-state index contributed by atoms with van der Waals surface area (Å²) in [5.74, 6) is 6.76. The van der Waals surface area contributed by atoms with Crippen molar-refractivity contribution >= 4 is 11.6 Å². The third-order valence-corrected chi connectivity index (χ3v) is 3.66. The molecule has 1 saturated carbocycles. The minimum absolute atomic E-state index is 0.0847. The topological polar surface area (TPSA) is 49.3 Å². The highest BCUT2D eigenvalue weighted by molar-refractivity contribution is 5.95. The van der Waals surface area contributed by atoms with E-state index < -0.39 is 0 Å². The molecule has 106 valence electrons. The van der Waals surface area contributed by atoms with Crippen LogP contribution in [-0.4, -0.2) is 17.6 Å². The minimum atomic E-state index is 0.0847. The van der Waals surface area contributed by atoms with Crippen LogP contribution in [0.5, 0.6) is 0 Å². The third kappa shape index (κ3) is 3.61. The van der Waals surface area contributed by atoms with Gasteiger partial charge in [0, 0.05) is 23.6 Å². The van der Waals surface area contributed by atoms with Crippen LogP contribution in [0.3, 0.4) is 0 Å². The van der Waals surface area contributed by atoms with E-state index in [2.05, 4.69) is 31.0 Å². The Hall–Kier alpha value is -1.79. The van der Waals surface area contributed by atoms with E-state index in [9.17, 15) is 4.79 Å². The number of amides is 1. The molecule has 20 heavy (non-hydrogen) atoms. The SMILES string of the molecule is CCc1cc(C#CCCO)ccc1NC(=O)C1CC1C. The summed E-state index contributed by atoms with van der Waals surface area (Å²) in [4.78, 5) is 12.0. The number of anilines is 1. The van der Waals surface area contributed by atoms with Gasteiger partial charge >= 0.3 is 0 Å². The van der Waals surface area contributed by atoms with E-state index in [1.54, 1.807) is 0 Å². The number of aliphatic hydroxyl groups excluding tert-OH is 1. The highest BCUT2D eigenvalue weighted by Crippen LogP contribution is 2.38. The fourth-order valence-electron chi connectivity index (χ4n) is 2.22. The van der Waals surface area contributed by atoms with Crippen molar-refractivity contribution in [1.82, 2.24) is 0 Å². The maximum atomic E-state index is 12.0. The van der Waals surface area contributed by atoms with Gasteiger partial charge in [0.15, 0.2) is 0 Å². The molecule has 1 aliphatic carbocycles. The third-order valence-electron chi connectivity index (χ3n) is 3.66. The van der Waals surface area contributed by atoms with E-state index in [1.165, 1.54) is 0 Å². The summed E-state index contributed by atoms with van der Waals surface area (Å²) < 4.78 is 0. The van der Waals surface area contributed by atoms with Crippen LogP contribution in [0.4, 0.5) is 5.69 Å². The van der Waals surface area contributed by atoms with Gasteiger partial charge in [-0.25, -0.2) is 0 Å². The Morgan fingerprint density at radius 1 is 1.50 bits per heavy atom. The lowest BCUT2D eigenvalue weighted by molar-refractivity contribution is -0.117. The van der Waals surface area contributed by atoms with E-state index in [0.29, 0.717) is 12.3 Å². The van der Waals surface area contributed by atoms with Gasteiger partial charge in [0.05, 0.1) is 6.61 Å². The molecule has 1 aromatic carbocycles. The monoisotopic (exact) mass is 271 g/mol. The van der Waals surface area contributed by atoms with Crippen molar-refractivity contribution < 1.29 is 9.90 Å². The van der Waals surface area contributed by atoms with Crippen molar-refractivity contribution in [3.8, 4) is 11.8 Å². The summed E-state index contributed by atoms with van der Waals surface area (Å²) in [7, 11) is 0. The van der Waals surface area contributed by atoms with Crippen molar-refractivity contribution in [3.63, 3.8) is 0 Å². The predicted octanol–water partition coefficient (Wildman–Crippen LogP) is 2.58. The van der Waals surface area contributed by atoms with Gasteiger partial charge in [-0.1, -0.05) is 25.7 Å². The van der Waals surface area contributed by atoms with Gasteiger partial charge in [-0.2, -0.15) is 0 Å². The molecule has 0 aromatic heterocycles. The smallest absolute Gasteiger partial charge is 0.227 e. The van der Waals surface area contributed by atoms with Crippen LogP contribution in [0, 0.1) is 23.7 Å². The molecule has 0 heterocycles. The molecule has 3 heteroatoms. The minimum Gasteiger partial charge on any atom is -0.395 e. The van der Waals surface area contributed by atoms with Crippen molar-refractivity contribution in [2.75, 3.05) is 11.9 Å². The maximum Gasteiger partial charge on any atom is 0.227 e.